The molecule has 0 aliphatic heterocycles. The fourth-order valence-electron chi connectivity index (χ4n) is 2.25. The van der Waals surface area contributed by atoms with Crippen LogP contribution in [0.1, 0.15) is 40.1 Å². The number of carbonyl (C=O) groups excluding carboxylic acids is 1. The van der Waals surface area contributed by atoms with E-state index >= 15 is 0 Å². The highest BCUT2D eigenvalue weighted by Gasteiger charge is 2.15. The molecule has 0 heterocycles. The molecule has 0 aliphatic carbocycles. The van der Waals surface area contributed by atoms with Crippen molar-refractivity contribution in [3.05, 3.63) is 102 Å². The summed E-state index contributed by atoms with van der Waals surface area (Å²) in [6.45, 7) is 3.31. The number of ether oxygens (including phenoxy) is 1. The zero-order chi connectivity index (χ0) is 20.6. The molecule has 0 aromatic heterocycles. The van der Waals surface area contributed by atoms with Gasteiger partial charge >= 0.3 is 11.9 Å². The van der Waals surface area contributed by atoms with Gasteiger partial charge < -0.3 is 14.9 Å². The van der Waals surface area contributed by atoms with Gasteiger partial charge in [-0.15, -0.1) is 0 Å². The van der Waals surface area contributed by atoms with Crippen molar-refractivity contribution in [1.29, 1.82) is 0 Å². The van der Waals surface area contributed by atoms with Crippen LogP contribution >= 0.6 is 0 Å². The topological polar surface area (TPSA) is 83.8 Å². The van der Waals surface area contributed by atoms with Gasteiger partial charge in [0.1, 0.15) is 5.75 Å². The monoisotopic (exact) mass is 378 g/mol. The number of rotatable bonds is 4. The minimum absolute atomic E-state index is 0.230. The van der Waals surface area contributed by atoms with Gasteiger partial charge in [-0.25, -0.2) is 9.59 Å². The molecule has 0 atom stereocenters. The summed E-state index contributed by atoms with van der Waals surface area (Å²) in [6.07, 6.45) is 0. The van der Waals surface area contributed by atoms with E-state index in [1.54, 1.807) is 50.2 Å². The van der Waals surface area contributed by atoms with Crippen LogP contribution in [0.5, 0.6) is 5.75 Å². The van der Waals surface area contributed by atoms with Crippen LogP contribution in [0.4, 0.5) is 0 Å². The van der Waals surface area contributed by atoms with Crippen LogP contribution in [0.3, 0.4) is 0 Å². The quantitative estimate of drug-likeness (QED) is 0.515. The molecule has 0 fully saturated rings. The van der Waals surface area contributed by atoms with E-state index in [-0.39, 0.29) is 11.5 Å². The Balaban J connectivity index is 0.000000203. The molecule has 0 spiro atoms. The molecule has 0 saturated carbocycles. The minimum atomic E-state index is -0.956. The maximum absolute atomic E-state index is 11.6. The Morgan fingerprint density at radius 1 is 0.750 bits per heavy atom. The summed E-state index contributed by atoms with van der Waals surface area (Å²) in [6, 6.07) is 24.2. The predicted molar refractivity (Wildman–Crippen MR) is 106 cm³/mol. The number of carboxylic acid groups (broad SMARTS) is 1. The van der Waals surface area contributed by atoms with E-state index in [0.717, 1.165) is 0 Å². The maximum atomic E-state index is 11.6. The van der Waals surface area contributed by atoms with E-state index in [4.69, 9.17) is 9.84 Å². The van der Waals surface area contributed by atoms with Gasteiger partial charge in [-0.05, 0) is 55.8 Å². The van der Waals surface area contributed by atoms with Crippen molar-refractivity contribution in [2.24, 2.45) is 0 Å². The normalized spacial score (nSPS) is 10.4. The number of aliphatic hydroxyl groups is 1. The maximum Gasteiger partial charge on any atom is 0.343 e. The molecule has 3 rings (SSSR count). The first-order chi connectivity index (χ1) is 13.3. The Hall–Kier alpha value is -3.44. The zero-order valence-electron chi connectivity index (χ0n) is 15.7. The second-order valence-electron chi connectivity index (χ2n) is 6.51. The lowest BCUT2D eigenvalue weighted by molar-refractivity contribution is 0.0690. The average Bonchev–Trinajstić information content (AvgIpc) is 2.69. The van der Waals surface area contributed by atoms with Crippen LogP contribution in [0.25, 0.3) is 0 Å². The van der Waals surface area contributed by atoms with Crippen LogP contribution in [0.15, 0.2) is 84.9 Å². The van der Waals surface area contributed by atoms with E-state index in [0.29, 0.717) is 16.9 Å². The number of hydrogen-bond donors (Lipinski definition) is 2. The highest BCUT2D eigenvalue weighted by molar-refractivity contribution is 5.91. The molecule has 0 amide bonds. The smallest absolute Gasteiger partial charge is 0.343 e. The molecule has 0 bridgehead atoms. The van der Waals surface area contributed by atoms with Crippen molar-refractivity contribution in [2.75, 3.05) is 0 Å². The van der Waals surface area contributed by atoms with Gasteiger partial charge in [0.05, 0.1) is 16.7 Å². The van der Waals surface area contributed by atoms with Crippen molar-refractivity contribution >= 4 is 11.9 Å². The molecule has 5 nitrogen and oxygen atoms in total. The minimum Gasteiger partial charge on any atom is -0.478 e. The van der Waals surface area contributed by atoms with Crippen molar-refractivity contribution in [2.45, 2.75) is 19.4 Å². The van der Waals surface area contributed by atoms with Gasteiger partial charge in [0, 0.05) is 0 Å². The number of esters is 1. The third-order valence-corrected chi connectivity index (χ3v) is 3.80. The third-order valence-electron chi connectivity index (χ3n) is 3.80. The number of benzene rings is 3. The Kier molecular flexibility index (Phi) is 7.07. The fourth-order valence-corrected chi connectivity index (χ4v) is 2.25. The highest BCUT2D eigenvalue weighted by Crippen LogP contribution is 2.19. The second kappa shape index (κ2) is 9.48. The lowest BCUT2D eigenvalue weighted by Gasteiger charge is -2.17. The van der Waals surface area contributed by atoms with Gasteiger partial charge in [-0.3, -0.25) is 0 Å². The molecule has 3 aromatic rings. The SMILES string of the molecule is CC(C)(O)c1ccc(C(=O)O)cc1.O=C(Oc1ccccc1)c1ccccc1. The molecule has 144 valence electrons. The van der Waals surface area contributed by atoms with Crippen molar-refractivity contribution < 1.29 is 24.5 Å². The average molecular weight is 378 g/mol. The first-order valence-corrected chi connectivity index (χ1v) is 8.66. The third kappa shape index (κ3) is 6.37. The Bertz CT molecular complexity index is 895. The van der Waals surface area contributed by atoms with Gasteiger partial charge in [0.15, 0.2) is 0 Å². The van der Waals surface area contributed by atoms with E-state index < -0.39 is 11.6 Å². The van der Waals surface area contributed by atoms with E-state index in [1.165, 1.54) is 12.1 Å². The highest BCUT2D eigenvalue weighted by atomic mass is 16.5. The van der Waals surface area contributed by atoms with Crippen LogP contribution in [0, 0.1) is 0 Å². The lowest BCUT2D eigenvalue weighted by atomic mass is 9.97. The fraction of sp³-hybridized carbons (Fsp3) is 0.130. The van der Waals surface area contributed by atoms with Crippen LogP contribution < -0.4 is 4.74 Å². The zero-order valence-corrected chi connectivity index (χ0v) is 15.7. The molecular formula is C23H22O5. The summed E-state index contributed by atoms with van der Waals surface area (Å²) in [7, 11) is 0. The molecule has 28 heavy (non-hydrogen) atoms. The van der Waals surface area contributed by atoms with E-state index in [9.17, 15) is 14.7 Å². The molecular weight excluding hydrogens is 356 g/mol. The van der Waals surface area contributed by atoms with Crippen molar-refractivity contribution in [3.8, 4) is 5.75 Å². The van der Waals surface area contributed by atoms with Crippen LogP contribution in [0.2, 0.25) is 0 Å². The van der Waals surface area contributed by atoms with Gasteiger partial charge in [0.2, 0.25) is 0 Å². The molecule has 3 aromatic carbocycles. The molecule has 0 radical (unpaired) electrons. The number of aromatic carboxylic acids is 1. The van der Waals surface area contributed by atoms with Gasteiger partial charge in [0.25, 0.3) is 0 Å². The van der Waals surface area contributed by atoms with Crippen LogP contribution in [-0.4, -0.2) is 22.2 Å². The molecule has 0 aliphatic rings. The first-order valence-electron chi connectivity index (χ1n) is 8.66. The Morgan fingerprint density at radius 2 is 1.25 bits per heavy atom. The first kappa shape index (κ1) is 20.9. The summed E-state index contributed by atoms with van der Waals surface area (Å²) in [4.78, 5) is 22.1. The molecule has 0 unspecified atom stereocenters. The largest absolute Gasteiger partial charge is 0.478 e. The molecule has 5 heteroatoms. The van der Waals surface area contributed by atoms with Crippen molar-refractivity contribution in [1.82, 2.24) is 0 Å². The number of carboxylic acids is 1. The van der Waals surface area contributed by atoms with Gasteiger partial charge in [-0.1, -0.05) is 48.5 Å². The summed E-state index contributed by atoms with van der Waals surface area (Å²) in [5.41, 5.74) is 0.573. The van der Waals surface area contributed by atoms with E-state index in [2.05, 4.69) is 0 Å². The molecule has 2 N–H and O–H groups in total. The Morgan fingerprint density at radius 3 is 1.71 bits per heavy atom. The predicted octanol–water partition coefficient (Wildman–Crippen LogP) is 4.52. The number of hydrogen-bond acceptors (Lipinski definition) is 4. The summed E-state index contributed by atoms with van der Waals surface area (Å²) >= 11 is 0. The molecule has 0 saturated heterocycles. The lowest BCUT2D eigenvalue weighted by Crippen LogP contribution is -2.15. The second-order valence-corrected chi connectivity index (χ2v) is 6.51. The van der Waals surface area contributed by atoms with Crippen LogP contribution in [-0.2, 0) is 5.60 Å². The van der Waals surface area contributed by atoms with Crippen molar-refractivity contribution in [3.63, 3.8) is 0 Å². The summed E-state index contributed by atoms with van der Waals surface area (Å²) in [5.74, 6) is -0.726. The summed E-state index contributed by atoms with van der Waals surface area (Å²) in [5, 5.41) is 18.2. The summed E-state index contributed by atoms with van der Waals surface area (Å²) < 4.78 is 5.16. The van der Waals surface area contributed by atoms with Gasteiger partial charge in [-0.2, -0.15) is 0 Å². The number of para-hydroxylation sites is 1. The standard InChI is InChI=1S/C13H10O2.C10H12O3/c14-13(11-7-3-1-4-8-11)15-12-9-5-2-6-10-12;1-10(2,13)8-5-3-7(4-6-8)9(11)12/h1-10H;3-6,13H,1-2H3,(H,11,12). The van der Waals surface area contributed by atoms with E-state index in [1.807, 2.05) is 36.4 Å². The Labute approximate surface area is 163 Å². The number of carbonyl (C=O) groups is 2.